The van der Waals surface area contributed by atoms with Crippen molar-refractivity contribution >= 4 is 28.4 Å². The molecule has 0 aliphatic rings. The standard InChI is InChI=1S/C28H28ClN3O3/c1-18(2)17-31(27(33)20-13-15-21(29)16-14-20)19(3)26-30-23-10-6-5-9-22(23)28(34)32(26)24-11-7-8-12-25(24)35-4/h5-16,18-19H,17H2,1-4H3. The molecule has 0 N–H and O–H groups in total. The Kier molecular flexibility index (Phi) is 7.22. The number of hydrogen-bond donors (Lipinski definition) is 0. The van der Waals surface area contributed by atoms with E-state index < -0.39 is 6.04 Å². The summed E-state index contributed by atoms with van der Waals surface area (Å²) in [5.74, 6) is 1.04. The Labute approximate surface area is 209 Å². The minimum atomic E-state index is -0.511. The Balaban J connectivity index is 1.94. The van der Waals surface area contributed by atoms with Gasteiger partial charge >= 0.3 is 0 Å². The van der Waals surface area contributed by atoms with Crippen molar-refractivity contribution in [2.75, 3.05) is 13.7 Å². The van der Waals surface area contributed by atoms with Crippen molar-refractivity contribution in [3.8, 4) is 11.4 Å². The number of fused-ring (bicyclic) bond motifs is 1. The van der Waals surface area contributed by atoms with Crippen LogP contribution >= 0.6 is 11.6 Å². The Morgan fingerprint density at radius 3 is 2.34 bits per heavy atom. The van der Waals surface area contributed by atoms with Crippen molar-refractivity contribution in [1.82, 2.24) is 14.5 Å². The Bertz CT molecular complexity index is 1410. The van der Waals surface area contributed by atoms with Crippen LogP contribution in [0.25, 0.3) is 16.6 Å². The van der Waals surface area contributed by atoms with Crippen molar-refractivity contribution in [2.24, 2.45) is 5.92 Å². The molecule has 0 saturated heterocycles. The van der Waals surface area contributed by atoms with Crippen LogP contribution in [-0.4, -0.2) is 34.0 Å². The lowest BCUT2D eigenvalue weighted by Crippen LogP contribution is -2.39. The fraction of sp³-hybridized carbons (Fsp3) is 0.250. The number of nitrogens with zero attached hydrogens (tertiary/aromatic N) is 3. The number of aromatic nitrogens is 2. The first-order valence-corrected chi connectivity index (χ1v) is 11.9. The summed E-state index contributed by atoms with van der Waals surface area (Å²) in [6.45, 7) is 6.49. The van der Waals surface area contributed by atoms with Gasteiger partial charge in [0.25, 0.3) is 11.5 Å². The molecule has 0 spiro atoms. The number of para-hydroxylation sites is 3. The zero-order valence-corrected chi connectivity index (χ0v) is 21.0. The first-order chi connectivity index (χ1) is 16.8. The van der Waals surface area contributed by atoms with Crippen molar-refractivity contribution in [3.63, 3.8) is 0 Å². The van der Waals surface area contributed by atoms with Gasteiger partial charge in [0.15, 0.2) is 0 Å². The molecule has 1 amide bonds. The SMILES string of the molecule is COc1ccccc1-n1c(C(C)N(CC(C)C)C(=O)c2ccc(Cl)cc2)nc2ccccc2c1=O. The summed E-state index contributed by atoms with van der Waals surface area (Å²) in [7, 11) is 1.57. The number of methoxy groups -OCH3 is 1. The molecule has 4 aromatic rings. The molecular formula is C28H28ClN3O3. The summed E-state index contributed by atoms with van der Waals surface area (Å²) < 4.78 is 7.14. The summed E-state index contributed by atoms with van der Waals surface area (Å²) in [4.78, 5) is 34.1. The zero-order valence-electron chi connectivity index (χ0n) is 20.2. The van der Waals surface area contributed by atoms with Crippen LogP contribution in [0.4, 0.5) is 0 Å². The monoisotopic (exact) mass is 489 g/mol. The zero-order chi connectivity index (χ0) is 25.1. The van der Waals surface area contributed by atoms with Gasteiger partial charge in [0.05, 0.1) is 29.7 Å². The highest BCUT2D eigenvalue weighted by Crippen LogP contribution is 2.29. The number of carbonyl (C=O) groups excluding carboxylic acids is 1. The molecule has 0 saturated carbocycles. The van der Waals surface area contributed by atoms with Crippen LogP contribution in [0, 0.1) is 5.92 Å². The molecule has 1 unspecified atom stereocenters. The van der Waals surface area contributed by atoms with Gasteiger partial charge in [-0.15, -0.1) is 0 Å². The summed E-state index contributed by atoms with van der Waals surface area (Å²) in [6, 6.07) is 20.9. The highest BCUT2D eigenvalue weighted by atomic mass is 35.5. The van der Waals surface area contributed by atoms with Gasteiger partial charge < -0.3 is 9.64 Å². The molecule has 1 atom stereocenters. The maximum atomic E-state index is 13.8. The first kappa shape index (κ1) is 24.5. The van der Waals surface area contributed by atoms with Crippen molar-refractivity contribution in [1.29, 1.82) is 0 Å². The second-order valence-electron chi connectivity index (χ2n) is 8.83. The molecule has 6 nitrogen and oxygen atoms in total. The summed E-state index contributed by atoms with van der Waals surface area (Å²) in [5, 5.41) is 1.06. The second-order valence-corrected chi connectivity index (χ2v) is 9.27. The van der Waals surface area contributed by atoms with Crippen LogP contribution in [0.1, 0.15) is 43.0 Å². The van der Waals surface area contributed by atoms with Gasteiger partial charge in [0, 0.05) is 17.1 Å². The highest BCUT2D eigenvalue weighted by Gasteiger charge is 2.29. The van der Waals surface area contributed by atoms with E-state index in [1.165, 1.54) is 0 Å². The van der Waals surface area contributed by atoms with Gasteiger partial charge in [-0.3, -0.25) is 14.2 Å². The van der Waals surface area contributed by atoms with Crippen LogP contribution in [0.2, 0.25) is 5.02 Å². The number of amides is 1. The molecule has 0 fully saturated rings. The van der Waals surface area contributed by atoms with E-state index in [-0.39, 0.29) is 17.4 Å². The average Bonchev–Trinajstić information content (AvgIpc) is 2.87. The second kappa shape index (κ2) is 10.3. The molecule has 0 aliphatic heterocycles. The van der Waals surface area contributed by atoms with Gasteiger partial charge in [-0.1, -0.05) is 49.7 Å². The van der Waals surface area contributed by atoms with Crippen molar-refractivity contribution in [3.05, 3.63) is 99.6 Å². The summed E-state index contributed by atoms with van der Waals surface area (Å²) in [6.07, 6.45) is 0. The van der Waals surface area contributed by atoms with Gasteiger partial charge in [0.2, 0.25) is 0 Å². The van der Waals surface area contributed by atoms with E-state index in [0.29, 0.717) is 45.3 Å². The molecule has 7 heteroatoms. The van der Waals surface area contributed by atoms with E-state index >= 15 is 0 Å². The number of rotatable bonds is 7. The summed E-state index contributed by atoms with van der Waals surface area (Å²) in [5.41, 5.74) is 1.46. The van der Waals surface area contributed by atoms with Crippen LogP contribution in [-0.2, 0) is 0 Å². The first-order valence-electron chi connectivity index (χ1n) is 11.5. The van der Waals surface area contributed by atoms with Crippen LogP contribution < -0.4 is 10.3 Å². The van der Waals surface area contributed by atoms with E-state index in [1.807, 2.05) is 43.3 Å². The fourth-order valence-corrected chi connectivity index (χ4v) is 4.31. The topological polar surface area (TPSA) is 64.4 Å². The Morgan fingerprint density at radius 1 is 1.00 bits per heavy atom. The third-order valence-corrected chi connectivity index (χ3v) is 6.13. The van der Waals surface area contributed by atoms with E-state index in [2.05, 4.69) is 13.8 Å². The quantitative estimate of drug-likeness (QED) is 0.324. The molecule has 0 aliphatic carbocycles. The fourth-order valence-electron chi connectivity index (χ4n) is 4.19. The smallest absolute Gasteiger partial charge is 0.266 e. The Hall–Kier alpha value is -3.64. The molecule has 1 heterocycles. The normalized spacial score (nSPS) is 12.1. The minimum absolute atomic E-state index is 0.156. The van der Waals surface area contributed by atoms with Crippen LogP contribution in [0.15, 0.2) is 77.6 Å². The summed E-state index contributed by atoms with van der Waals surface area (Å²) >= 11 is 6.04. The van der Waals surface area contributed by atoms with E-state index in [0.717, 1.165) is 0 Å². The van der Waals surface area contributed by atoms with Crippen molar-refractivity contribution < 1.29 is 9.53 Å². The highest BCUT2D eigenvalue weighted by molar-refractivity contribution is 6.30. The van der Waals surface area contributed by atoms with E-state index in [9.17, 15) is 9.59 Å². The lowest BCUT2D eigenvalue weighted by Gasteiger charge is -2.32. The molecule has 3 aromatic carbocycles. The van der Waals surface area contributed by atoms with Crippen LogP contribution in [0.3, 0.4) is 0 Å². The number of hydrogen-bond acceptors (Lipinski definition) is 4. The lowest BCUT2D eigenvalue weighted by molar-refractivity contribution is 0.0655. The molecular weight excluding hydrogens is 462 g/mol. The average molecular weight is 490 g/mol. The number of halogens is 1. The number of carbonyl (C=O) groups is 1. The molecule has 0 bridgehead atoms. The van der Waals surface area contributed by atoms with Gasteiger partial charge in [-0.25, -0.2) is 4.98 Å². The lowest BCUT2D eigenvalue weighted by atomic mass is 10.1. The molecule has 4 rings (SSSR count). The predicted octanol–water partition coefficient (Wildman–Crippen LogP) is 5.91. The maximum absolute atomic E-state index is 13.8. The predicted molar refractivity (Wildman–Crippen MR) is 140 cm³/mol. The van der Waals surface area contributed by atoms with Gasteiger partial charge in [-0.05, 0) is 61.4 Å². The number of benzene rings is 3. The van der Waals surface area contributed by atoms with E-state index in [4.69, 9.17) is 21.3 Å². The maximum Gasteiger partial charge on any atom is 0.266 e. The van der Waals surface area contributed by atoms with E-state index in [1.54, 1.807) is 53.0 Å². The molecule has 0 radical (unpaired) electrons. The third-order valence-electron chi connectivity index (χ3n) is 5.88. The molecule has 1 aromatic heterocycles. The van der Waals surface area contributed by atoms with Gasteiger partial charge in [0.1, 0.15) is 11.6 Å². The number of ether oxygens (including phenoxy) is 1. The molecule has 180 valence electrons. The largest absolute Gasteiger partial charge is 0.495 e. The minimum Gasteiger partial charge on any atom is -0.495 e. The molecule has 35 heavy (non-hydrogen) atoms. The van der Waals surface area contributed by atoms with Crippen LogP contribution in [0.5, 0.6) is 5.75 Å². The van der Waals surface area contributed by atoms with Crippen molar-refractivity contribution in [2.45, 2.75) is 26.8 Å². The Morgan fingerprint density at radius 2 is 1.66 bits per heavy atom. The third kappa shape index (κ3) is 4.93. The van der Waals surface area contributed by atoms with Gasteiger partial charge in [-0.2, -0.15) is 0 Å².